The molecule has 0 saturated heterocycles. The molecule has 0 unspecified atom stereocenters. The maximum Gasteiger partial charge on any atom is 0.335 e. The van der Waals surface area contributed by atoms with E-state index < -0.39 is 5.97 Å². The maximum atomic E-state index is 11.3. The van der Waals surface area contributed by atoms with Crippen LogP contribution in [-0.4, -0.2) is 26.0 Å². The van der Waals surface area contributed by atoms with Crippen molar-refractivity contribution in [3.05, 3.63) is 60.2 Å². The number of aromatic carboxylic acids is 1. The van der Waals surface area contributed by atoms with Crippen molar-refractivity contribution in [2.75, 3.05) is 0 Å². The average molecular weight is 303 g/mol. The van der Waals surface area contributed by atoms with E-state index in [4.69, 9.17) is 0 Å². The van der Waals surface area contributed by atoms with Gasteiger partial charge in [0, 0.05) is 46.0 Å². The van der Waals surface area contributed by atoms with Crippen LogP contribution in [-0.2, 0) is 0 Å². The van der Waals surface area contributed by atoms with E-state index >= 15 is 0 Å². The summed E-state index contributed by atoms with van der Waals surface area (Å²) in [4.78, 5) is 23.2. The number of carboxylic acid groups (broad SMARTS) is 1. The molecule has 0 saturated carbocycles. The summed E-state index contributed by atoms with van der Waals surface area (Å²) < 4.78 is 0. The normalized spacial score (nSPS) is 11.2. The van der Waals surface area contributed by atoms with Crippen molar-refractivity contribution in [1.82, 2.24) is 15.0 Å². The molecule has 112 valence electrons. The first-order valence-corrected chi connectivity index (χ1v) is 7.20. The highest BCUT2D eigenvalue weighted by Crippen LogP contribution is 2.35. The van der Waals surface area contributed by atoms with E-state index in [1.165, 1.54) is 0 Å². The van der Waals surface area contributed by atoms with E-state index in [1.807, 2.05) is 31.5 Å². The molecule has 0 spiro atoms. The molecule has 5 heteroatoms. The van der Waals surface area contributed by atoms with Gasteiger partial charge < -0.3 is 10.1 Å². The number of carbonyl (C=O) groups is 1. The third kappa shape index (κ3) is 2.05. The lowest BCUT2D eigenvalue weighted by atomic mass is 9.99. The summed E-state index contributed by atoms with van der Waals surface area (Å²) in [5.41, 5.74) is 3.81. The second-order valence-electron chi connectivity index (χ2n) is 5.46. The molecule has 1 aromatic carbocycles. The van der Waals surface area contributed by atoms with Gasteiger partial charge in [0.05, 0.1) is 5.56 Å². The van der Waals surface area contributed by atoms with Gasteiger partial charge in [-0.25, -0.2) is 9.78 Å². The monoisotopic (exact) mass is 303 g/mol. The quantitative estimate of drug-likeness (QED) is 0.590. The molecule has 4 rings (SSSR count). The molecule has 0 bridgehead atoms. The maximum absolute atomic E-state index is 11.3. The highest BCUT2D eigenvalue weighted by Gasteiger charge is 2.15. The molecular formula is C18H13N3O2. The van der Waals surface area contributed by atoms with Crippen molar-refractivity contribution in [2.45, 2.75) is 6.92 Å². The number of benzene rings is 1. The lowest BCUT2D eigenvalue weighted by Crippen LogP contribution is -1.95. The molecule has 0 aliphatic heterocycles. The highest BCUT2D eigenvalue weighted by atomic mass is 16.4. The Morgan fingerprint density at radius 1 is 1.22 bits per heavy atom. The van der Waals surface area contributed by atoms with Crippen LogP contribution in [0.3, 0.4) is 0 Å². The zero-order valence-electron chi connectivity index (χ0n) is 12.4. The zero-order chi connectivity index (χ0) is 16.0. The van der Waals surface area contributed by atoms with Crippen molar-refractivity contribution in [3.63, 3.8) is 0 Å². The van der Waals surface area contributed by atoms with Gasteiger partial charge in [0.15, 0.2) is 0 Å². The summed E-state index contributed by atoms with van der Waals surface area (Å²) in [5.74, 6) is -0.936. The van der Waals surface area contributed by atoms with E-state index in [2.05, 4.69) is 15.0 Å². The van der Waals surface area contributed by atoms with Gasteiger partial charge in [0.25, 0.3) is 0 Å². The molecule has 23 heavy (non-hydrogen) atoms. The lowest BCUT2D eigenvalue weighted by molar-refractivity contribution is 0.0697. The Hall–Kier alpha value is -3.21. The van der Waals surface area contributed by atoms with Crippen LogP contribution < -0.4 is 0 Å². The van der Waals surface area contributed by atoms with Crippen molar-refractivity contribution < 1.29 is 9.90 Å². The van der Waals surface area contributed by atoms with Gasteiger partial charge in [-0.05, 0) is 30.7 Å². The Morgan fingerprint density at radius 2 is 2.09 bits per heavy atom. The fourth-order valence-electron chi connectivity index (χ4n) is 3.00. The number of nitrogens with one attached hydrogen (secondary N) is 1. The van der Waals surface area contributed by atoms with Crippen LogP contribution in [0.4, 0.5) is 0 Å². The largest absolute Gasteiger partial charge is 0.478 e. The number of aromatic nitrogens is 3. The Bertz CT molecular complexity index is 1070. The minimum Gasteiger partial charge on any atom is -0.478 e. The fraction of sp³-hybridized carbons (Fsp3) is 0.0556. The number of H-pyrrole nitrogens is 1. The molecule has 0 fully saturated rings. The first-order valence-electron chi connectivity index (χ1n) is 7.20. The van der Waals surface area contributed by atoms with Crippen LogP contribution in [0.25, 0.3) is 32.9 Å². The molecule has 0 atom stereocenters. The van der Waals surface area contributed by atoms with Crippen molar-refractivity contribution in [1.29, 1.82) is 0 Å². The second-order valence-corrected chi connectivity index (χ2v) is 5.46. The van der Waals surface area contributed by atoms with Crippen molar-refractivity contribution in [2.24, 2.45) is 0 Å². The molecule has 4 aromatic rings. The Morgan fingerprint density at radius 3 is 2.91 bits per heavy atom. The number of aromatic amines is 1. The molecule has 3 aromatic heterocycles. The molecule has 5 nitrogen and oxygen atoms in total. The summed E-state index contributed by atoms with van der Waals surface area (Å²) in [7, 11) is 0. The average Bonchev–Trinajstić information content (AvgIpc) is 2.91. The summed E-state index contributed by atoms with van der Waals surface area (Å²) >= 11 is 0. The van der Waals surface area contributed by atoms with Crippen LogP contribution in [0, 0.1) is 6.92 Å². The predicted molar refractivity (Wildman–Crippen MR) is 88.5 cm³/mol. The Labute approximate surface area is 131 Å². The third-order valence-electron chi connectivity index (χ3n) is 4.02. The molecule has 0 aliphatic rings. The predicted octanol–water partition coefficient (Wildman–Crippen LogP) is 3.78. The Kier molecular flexibility index (Phi) is 2.87. The summed E-state index contributed by atoms with van der Waals surface area (Å²) in [6, 6.07) is 8.87. The molecular weight excluding hydrogens is 290 g/mol. The highest BCUT2D eigenvalue weighted by molar-refractivity contribution is 6.12. The van der Waals surface area contributed by atoms with Gasteiger partial charge in [0.1, 0.15) is 5.65 Å². The van der Waals surface area contributed by atoms with Gasteiger partial charge >= 0.3 is 5.97 Å². The van der Waals surface area contributed by atoms with E-state index in [-0.39, 0.29) is 5.56 Å². The van der Waals surface area contributed by atoms with E-state index in [9.17, 15) is 9.90 Å². The van der Waals surface area contributed by atoms with Crippen LogP contribution in [0.15, 0.2) is 48.9 Å². The number of hydrogen-bond acceptors (Lipinski definition) is 3. The van der Waals surface area contributed by atoms with E-state index in [0.717, 1.165) is 38.6 Å². The molecule has 3 heterocycles. The van der Waals surface area contributed by atoms with E-state index in [0.29, 0.717) is 0 Å². The number of carboxylic acids is 1. The topological polar surface area (TPSA) is 78.9 Å². The molecule has 2 N–H and O–H groups in total. The van der Waals surface area contributed by atoms with Crippen molar-refractivity contribution >= 4 is 27.8 Å². The molecule has 0 aliphatic carbocycles. The summed E-state index contributed by atoms with van der Waals surface area (Å²) in [5, 5.41) is 12.2. The fourth-order valence-corrected chi connectivity index (χ4v) is 3.00. The minimum atomic E-state index is -0.936. The van der Waals surface area contributed by atoms with Gasteiger partial charge in [-0.3, -0.25) is 4.98 Å². The minimum absolute atomic E-state index is 0.266. The molecule has 0 radical (unpaired) electrons. The van der Waals surface area contributed by atoms with Gasteiger partial charge in [-0.1, -0.05) is 12.1 Å². The first-order chi connectivity index (χ1) is 11.1. The summed E-state index contributed by atoms with van der Waals surface area (Å²) in [6.45, 7) is 1.96. The molecule has 0 amide bonds. The number of hydrogen-bond donors (Lipinski definition) is 2. The zero-order valence-corrected chi connectivity index (χ0v) is 12.4. The van der Waals surface area contributed by atoms with Crippen LogP contribution in [0.2, 0.25) is 0 Å². The van der Waals surface area contributed by atoms with Crippen LogP contribution >= 0.6 is 0 Å². The Balaban J connectivity index is 2.11. The van der Waals surface area contributed by atoms with Crippen LogP contribution in [0.1, 0.15) is 16.1 Å². The number of aryl methyl sites for hydroxylation is 1. The smallest absolute Gasteiger partial charge is 0.335 e. The van der Waals surface area contributed by atoms with Gasteiger partial charge in [-0.2, -0.15) is 0 Å². The number of nitrogens with zero attached hydrogens (tertiary/aromatic N) is 2. The standard InChI is InChI=1S/C18H13N3O2/c1-10-15(11-3-2-4-12(7-11)18(22)23)16-14-9-19-6-5-13(14)8-20-17(16)21-10/h2-9H,1H3,(H,20,21)(H,22,23). The van der Waals surface area contributed by atoms with Crippen LogP contribution in [0.5, 0.6) is 0 Å². The number of rotatable bonds is 2. The lowest BCUT2D eigenvalue weighted by Gasteiger charge is -2.05. The van der Waals surface area contributed by atoms with Gasteiger partial charge in [0.2, 0.25) is 0 Å². The number of fused-ring (bicyclic) bond motifs is 3. The van der Waals surface area contributed by atoms with Gasteiger partial charge in [-0.15, -0.1) is 0 Å². The second kappa shape index (κ2) is 4.91. The SMILES string of the molecule is Cc1[nH]c2ncc3ccncc3c2c1-c1cccc(C(=O)O)c1. The summed E-state index contributed by atoms with van der Waals surface area (Å²) in [6.07, 6.45) is 5.37. The van der Waals surface area contributed by atoms with E-state index in [1.54, 1.807) is 24.4 Å². The number of pyridine rings is 2. The van der Waals surface area contributed by atoms with Crippen molar-refractivity contribution in [3.8, 4) is 11.1 Å². The first kappa shape index (κ1) is 13.5. The third-order valence-corrected chi connectivity index (χ3v) is 4.02.